The lowest BCUT2D eigenvalue weighted by Gasteiger charge is -2.34. The third-order valence-corrected chi connectivity index (χ3v) is 4.27. The molecule has 158 valence electrons. The molecule has 0 saturated carbocycles. The Bertz CT molecular complexity index is 750. The molecule has 1 saturated heterocycles. The van der Waals surface area contributed by atoms with Crippen LogP contribution in [-0.4, -0.2) is 61.6 Å². The van der Waals surface area contributed by atoms with E-state index in [4.69, 9.17) is 9.47 Å². The van der Waals surface area contributed by atoms with Gasteiger partial charge in [-0.15, -0.1) is 0 Å². The van der Waals surface area contributed by atoms with Crippen molar-refractivity contribution in [1.29, 1.82) is 0 Å². The van der Waals surface area contributed by atoms with Crippen molar-refractivity contribution < 1.29 is 23.9 Å². The van der Waals surface area contributed by atoms with Gasteiger partial charge in [-0.3, -0.25) is 14.4 Å². The molecule has 1 unspecified atom stereocenters. The van der Waals surface area contributed by atoms with Crippen molar-refractivity contribution in [3.63, 3.8) is 0 Å². The van der Waals surface area contributed by atoms with Gasteiger partial charge in [0.25, 0.3) is 0 Å². The summed E-state index contributed by atoms with van der Waals surface area (Å²) in [6.45, 7) is 8.90. The first-order valence-corrected chi connectivity index (χ1v) is 9.75. The van der Waals surface area contributed by atoms with Crippen LogP contribution in [0.1, 0.15) is 26.7 Å². The highest BCUT2D eigenvalue weighted by Crippen LogP contribution is 2.24. The third-order valence-electron chi connectivity index (χ3n) is 4.27. The molecule has 8 heteroatoms. The smallest absolute Gasteiger partial charge is 0.308 e. The summed E-state index contributed by atoms with van der Waals surface area (Å²) in [5.41, 5.74) is 1.55. The summed E-state index contributed by atoms with van der Waals surface area (Å²) in [7, 11) is 0. The van der Waals surface area contributed by atoms with Crippen LogP contribution in [0.5, 0.6) is 5.75 Å². The van der Waals surface area contributed by atoms with E-state index in [1.54, 1.807) is 6.07 Å². The van der Waals surface area contributed by atoms with Crippen molar-refractivity contribution >= 4 is 23.5 Å². The van der Waals surface area contributed by atoms with Crippen LogP contribution >= 0.6 is 0 Å². The fourth-order valence-corrected chi connectivity index (χ4v) is 2.86. The van der Waals surface area contributed by atoms with Gasteiger partial charge in [-0.2, -0.15) is 0 Å². The summed E-state index contributed by atoms with van der Waals surface area (Å²) in [6, 6.07) is 6.42. The highest BCUT2D eigenvalue weighted by molar-refractivity contribution is 5.93. The topological polar surface area (TPSA) is 97.0 Å². The van der Waals surface area contributed by atoms with E-state index in [-0.39, 0.29) is 24.8 Å². The summed E-state index contributed by atoms with van der Waals surface area (Å²) >= 11 is 0. The van der Waals surface area contributed by atoms with Crippen molar-refractivity contribution in [1.82, 2.24) is 10.2 Å². The van der Waals surface area contributed by atoms with Gasteiger partial charge in [0.05, 0.1) is 25.3 Å². The molecular weight excluding hydrogens is 374 g/mol. The number of nitrogens with one attached hydrogen (secondary N) is 2. The van der Waals surface area contributed by atoms with Gasteiger partial charge in [0, 0.05) is 13.1 Å². The lowest BCUT2D eigenvalue weighted by atomic mass is 10.1. The average Bonchev–Trinajstić information content (AvgIpc) is 2.70. The van der Waals surface area contributed by atoms with Crippen molar-refractivity contribution in [2.45, 2.75) is 32.7 Å². The number of para-hydroxylation sites is 2. The molecule has 1 aromatic rings. The molecule has 0 bridgehead atoms. The standard InChI is InChI=1S/C21H29N3O5/c1-4-11-28-20(26)12-17-21(27)22-9-10-24(17)19(25)13-23-16-7-5-6-8-18(16)29-14-15(2)3/h5-8,17,23H,2,4,9-14H2,1,3H3,(H,22,27). The van der Waals surface area contributed by atoms with Crippen LogP contribution in [0.15, 0.2) is 36.4 Å². The number of esters is 1. The van der Waals surface area contributed by atoms with Gasteiger partial charge in [-0.05, 0) is 31.1 Å². The Morgan fingerprint density at radius 2 is 2.10 bits per heavy atom. The van der Waals surface area contributed by atoms with Gasteiger partial charge in [-0.25, -0.2) is 0 Å². The van der Waals surface area contributed by atoms with Gasteiger partial charge >= 0.3 is 5.97 Å². The zero-order valence-electron chi connectivity index (χ0n) is 17.0. The van der Waals surface area contributed by atoms with Gasteiger partial charge < -0.3 is 25.0 Å². The monoisotopic (exact) mass is 403 g/mol. The summed E-state index contributed by atoms with van der Waals surface area (Å²) in [5.74, 6) is -0.497. The van der Waals surface area contributed by atoms with E-state index in [9.17, 15) is 14.4 Å². The fourth-order valence-electron chi connectivity index (χ4n) is 2.86. The Balaban J connectivity index is 2.00. The Labute approximate surface area is 171 Å². The van der Waals surface area contributed by atoms with E-state index < -0.39 is 12.0 Å². The Morgan fingerprint density at radius 1 is 1.34 bits per heavy atom. The SMILES string of the molecule is C=C(C)COc1ccccc1NCC(=O)N1CCNC(=O)C1CC(=O)OCCC. The number of carbonyl (C=O) groups is 3. The number of hydrogen-bond donors (Lipinski definition) is 2. The number of nitrogens with zero attached hydrogens (tertiary/aromatic N) is 1. The highest BCUT2D eigenvalue weighted by Gasteiger charge is 2.34. The lowest BCUT2D eigenvalue weighted by Crippen LogP contribution is -2.58. The largest absolute Gasteiger partial charge is 0.487 e. The predicted molar refractivity (Wildman–Crippen MR) is 110 cm³/mol. The lowest BCUT2D eigenvalue weighted by molar-refractivity contribution is -0.151. The van der Waals surface area contributed by atoms with Gasteiger partial charge in [0.1, 0.15) is 18.4 Å². The molecule has 1 fully saturated rings. The van der Waals surface area contributed by atoms with Crippen LogP contribution in [0.3, 0.4) is 0 Å². The molecule has 1 aliphatic rings. The van der Waals surface area contributed by atoms with Crippen LogP contribution in [0, 0.1) is 0 Å². The van der Waals surface area contributed by atoms with Gasteiger partial charge in [-0.1, -0.05) is 25.6 Å². The van der Waals surface area contributed by atoms with Crippen molar-refractivity contribution in [3.8, 4) is 5.75 Å². The van der Waals surface area contributed by atoms with Crippen molar-refractivity contribution in [3.05, 3.63) is 36.4 Å². The third kappa shape index (κ3) is 6.81. The minimum atomic E-state index is -0.864. The quantitative estimate of drug-likeness (QED) is 0.456. The fraction of sp³-hybridized carbons (Fsp3) is 0.476. The predicted octanol–water partition coefficient (Wildman–Crippen LogP) is 1.72. The first-order valence-electron chi connectivity index (χ1n) is 9.75. The Hall–Kier alpha value is -3.03. The van der Waals surface area contributed by atoms with E-state index in [2.05, 4.69) is 17.2 Å². The van der Waals surface area contributed by atoms with E-state index >= 15 is 0 Å². The second-order valence-corrected chi connectivity index (χ2v) is 6.91. The summed E-state index contributed by atoms with van der Waals surface area (Å²) in [5, 5.41) is 5.76. The molecule has 1 heterocycles. The van der Waals surface area contributed by atoms with E-state index in [0.717, 1.165) is 5.57 Å². The van der Waals surface area contributed by atoms with Crippen LogP contribution in [0.2, 0.25) is 0 Å². The molecular formula is C21H29N3O5. The Morgan fingerprint density at radius 3 is 2.83 bits per heavy atom. The molecule has 2 N–H and O–H groups in total. The van der Waals surface area contributed by atoms with Crippen LogP contribution in [-0.2, 0) is 19.1 Å². The molecule has 1 aromatic carbocycles. The zero-order chi connectivity index (χ0) is 21.2. The zero-order valence-corrected chi connectivity index (χ0v) is 17.0. The maximum atomic E-state index is 12.8. The second-order valence-electron chi connectivity index (χ2n) is 6.91. The first-order chi connectivity index (χ1) is 13.9. The number of piperazine rings is 1. The van der Waals surface area contributed by atoms with Crippen molar-refractivity contribution in [2.24, 2.45) is 0 Å². The first kappa shape index (κ1) is 22.3. The van der Waals surface area contributed by atoms with Gasteiger partial charge in [0.2, 0.25) is 11.8 Å². The molecule has 1 aliphatic heterocycles. The second kappa shape index (κ2) is 11.1. The van der Waals surface area contributed by atoms with Gasteiger partial charge in [0.15, 0.2) is 0 Å². The van der Waals surface area contributed by atoms with Crippen LogP contribution < -0.4 is 15.4 Å². The molecule has 1 atom stereocenters. The molecule has 8 nitrogen and oxygen atoms in total. The average molecular weight is 403 g/mol. The number of hydrogen-bond acceptors (Lipinski definition) is 6. The van der Waals surface area contributed by atoms with Crippen LogP contribution in [0.25, 0.3) is 0 Å². The Kier molecular flexibility index (Phi) is 8.51. The highest BCUT2D eigenvalue weighted by atomic mass is 16.5. The minimum absolute atomic E-state index is 0.0266. The number of carbonyl (C=O) groups excluding carboxylic acids is 3. The molecule has 2 rings (SSSR count). The summed E-state index contributed by atoms with van der Waals surface area (Å²) in [4.78, 5) is 38.4. The molecule has 0 radical (unpaired) electrons. The molecule has 2 amide bonds. The maximum Gasteiger partial charge on any atom is 0.308 e. The number of ether oxygens (including phenoxy) is 2. The molecule has 29 heavy (non-hydrogen) atoms. The number of anilines is 1. The van der Waals surface area contributed by atoms with E-state index in [1.165, 1.54) is 4.90 Å². The minimum Gasteiger partial charge on any atom is -0.487 e. The van der Waals surface area contributed by atoms with Crippen LogP contribution in [0.4, 0.5) is 5.69 Å². The molecule has 0 aromatic heterocycles. The van der Waals surface area contributed by atoms with E-state index in [0.29, 0.717) is 44.2 Å². The number of rotatable bonds is 10. The number of benzene rings is 1. The molecule has 0 spiro atoms. The number of amides is 2. The normalized spacial score (nSPS) is 16.0. The maximum absolute atomic E-state index is 12.8. The summed E-state index contributed by atoms with van der Waals surface area (Å²) in [6.07, 6.45) is 0.540. The summed E-state index contributed by atoms with van der Waals surface area (Å²) < 4.78 is 10.8. The van der Waals surface area contributed by atoms with Crippen molar-refractivity contribution in [2.75, 3.05) is 38.2 Å². The molecule has 0 aliphatic carbocycles. The van der Waals surface area contributed by atoms with E-state index in [1.807, 2.05) is 32.0 Å².